The third kappa shape index (κ3) is 5.70. The molecule has 0 unspecified atom stereocenters. The molecular formula is C15H16N4O. The molecule has 0 bridgehead atoms. The molecule has 2 N–H and O–H groups in total. The maximum absolute atomic E-state index is 10.8. The number of hydrogen-bond donors (Lipinski definition) is 1. The molecule has 0 aliphatic heterocycles. The van der Waals surface area contributed by atoms with Gasteiger partial charge in [0.05, 0.1) is 0 Å². The first-order chi connectivity index (χ1) is 9.65. The van der Waals surface area contributed by atoms with Crippen LogP contribution in [0.1, 0.15) is 12.0 Å². The average Bonchev–Trinajstić information content (AvgIpc) is 2.47. The molecule has 0 heterocycles. The second kappa shape index (κ2) is 8.34. The second-order valence-corrected chi connectivity index (χ2v) is 4.25. The molecule has 0 atom stereocenters. The van der Waals surface area contributed by atoms with E-state index >= 15 is 0 Å². The summed E-state index contributed by atoms with van der Waals surface area (Å²) < 4.78 is 0. The van der Waals surface area contributed by atoms with Crippen LogP contribution in [0.2, 0.25) is 0 Å². The van der Waals surface area contributed by atoms with Gasteiger partial charge in [-0.25, -0.2) is 0 Å². The molecule has 20 heavy (non-hydrogen) atoms. The maximum atomic E-state index is 10.8. The molecule has 102 valence electrons. The third-order valence-corrected chi connectivity index (χ3v) is 2.73. The molecule has 0 aromatic heterocycles. The van der Waals surface area contributed by atoms with Crippen LogP contribution in [0.3, 0.4) is 0 Å². The number of nitrogens with two attached hydrogens (primary N) is 1. The number of benzene rings is 1. The molecule has 5 nitrogen and oxygen atoms in total. The van der Waals surface area contributed by atoms with E-state index in [1.165, 1.54) is 6.20 Å². The molecule has 5 heteroatoms. The van der Waals surface area contributed by atoms with Crippen molar-refractivity contribution in [3.8, 4) is 12.1 Å². The largest absolute Gasteiger partial charge is 0.375 e. The first-order valence-corrected chi connectivity index (χ1v) is 6.24. The van der Waals surface area contributed by atoms with Gasteiger partial charge in [-0.2, -0.15) is 10.5 Å². The Morgan fingerprint density at radius 2 is 1.85 bits per heavy atom. The molecule has 0 aliphatic rings. The smallest absolute Gasteiger partial charge is 0.219 e. The van der Waals surface area contributed by atoms with E-state index in [0.29, 0.717) is 13.1 Å². The van der Waals surface area contributed by atoms with E-state index in [9.17, 15) is 4.79 Å². The summed E-state index contributed by atoms with van der Waals surface area (Å²) in [6, 6.07) is 13.5. The van der Waals surface area contributed by atoms with Gasteiger partial charge in [-0.05, 0) is 12.0 Å². The zero-order chi connectivity index (χ0) is 14.8. The molecule has 0 fully saturated rings. The van der Waals surface area contributed by atoms with Crippen LogP contribution in [-0.2, 0) is 11.2 Å². The Hall–Kier alpha value is -2.79. The Labute approximate surface area is 118 Å². The van der Waals surface area contributed by atoms with Crippen LogP contribution in [-0.4, -0.2) is 23.9 Å². The first-order valence-electron chi connectivity index (χ1n) is 6.24. The van der Waals surface area contributed by atoms with Crippen molar-refractivity contribution in [2.75, 3.05) is 13.1 Å². The highest BCUT2D eigenvalue weighted by atomic mass is 16.1. The van der Waals surface area contributed by atoms with Crippen molar-refractivity contribution in [2.24, 2.45) is 5.73 Å². The van der Waals surface area contributed by atoms with Crippen molar-refractivity contribution in [2.45, 2.75) is 12.8 Å². The van der Waals surface area contributed by atoms with Crippen molar-refractivity contribution in [3.05, 3.63) is 47.7 Å². The Kier molecular flexibility index (Phi) is 6.36. The minimum atomic E-state index is -0.404. The Morgan fingerprint density at radius 3 is 2.40 bits per heavy atom. The highest BCUT2D eigenvalue weighted by Crippen LogP contribution is 2.04. The molecule has 0 saturated heterocycles. The molecule has 0 aliphatic carbocycles. The van der Waals surface area contributed by atoms with Crippen molar-refractivity contribution < 1.29 is 4.79 Å². The molecule has 1 aromatic carbocycles. The van der Waals surface area contributed by atoms with E-state index in [0.717, 1.165) is 12.0 Å². The van der Waals surface area contributed by atoms with Gasteiger partial charge in [0, 0.05) is 25.7 Å². The van der Waals surface area contributed by atoms with Gasteiger partial charge in [0.1, 0.15) is 17.7 Å². The maximum Gasteiger partial charge on any atom is 0.219 e. The van der Waals surface area contributed by atoms with E-state index in [-0.39, 0.29) is 12.0 Å². The van der Waals surface area contributed by atoms with Crippen molar-refractivity contribution in [3.63, 3.8) is 0 Å². The topological polar surface area (TPSA) is 93.9 Å². The third-order valence-electron chi connectivity index (χ3n) is 2.73. The summed E-state index contributed by atoms with van der Waals surface area (Å²) in [4.78, 5) is 12.6. The van der Waals surface area contributed by atoms with Crippen LogP contribution in [0.15, 0.2) is 42.1 Å². The lowest BCUT2D eigenvalue weighted by molar-refractivity contribution is -0.118. The van der Waals surface area contributed by atoms with Crippen molar-refractivity contribution in [1.29, 1.82) is 10.5 Å². The fraction of sp³-hybridized carbons (Fsp3) is 0.267. The Morgan fingerprint density at radius 1 is 1.20 bits per heavy atom. The predicted molar refractivity (Wildman–Crippen MR) is 74.8 cm³/mol. The number of hydrogen-bond acceptors (Lipinski definition) is 4. The number of amides is 1. The minimum absolute atomic E-state index is 0.0162. The van der Waals surface area contributed by atoms with E-state index in [1.807, 2.05) is 42.5 Å². The first kappa shape index (κ1) is 15.3. The summed E-state index contributed by atoms with van der Waals surface area (Å²) in [6.45, 7) is 1.01. The van der Waals surface area contributed by atoms with Gasteiger partial charge in [0.25, 0.3) is 0 Å². The molecule has 1 rings (SSSR count). The number of carbonyl (C=O) groups is 1. The fourth-order valence-corrected chi connectivity index (χ4v) is 1.68. The van der Waals surface area contributed by atoms with Gasteiger partial charge in [-0.3, -0.25) is 4.79 Å². The number of nitrogens with zero attached hydrogens (tertiary/aromatic N) is 3. The zero-order valence-electron chi connectivity index (χ0n) is 11.1. The number of rotatable bonds is 7. The van der Waals surface area contributed by atoms with Crippen LogP contribution in [0.4, 0.5) is 0 Å². The summed E-state index contributed by atoms with van der Waals surface area (Å²) in [5, 5.41) is 17.6. The zero-order valence-corrected chi connectivity index (χ0v) is 11.1. The lowest BCUT2D eigenvalue weighted by Gasteiger charge is -2.19. The van der Waals surface area contributed by atoms with Crippen molar-refractivity contribution >= 4 is 5.91 Å². The highest BCUT2D eigenvalue weighted by Gasteiger charge is 2.05. The van der Waals surface area contributed by atoms with Gasteiger partial charge >= 0.3 is 0 Å². The molecule has 0 saturated carbocycles. The van der Waals surface area contributed by atoms with Gasteiger partial charge in [-0.15, -0.1) is 0 Å². The Balaban J connectivity index is 2.68. The number of carbonyl (C=O) groups excluding carboxylic acids is 1. The van der Waals surface area contributed by atoms with Gasteiger partial charge in [0.15, 0.2) is 0 Å². The number of nitriles is 2. The molecule has 0 radical (unpaired) electrons. The van der Waals surface area contributed by atoms with E-state index in [4.69, 9.17) is 16.3 Å². The summed E-state index contributed by atoms with van der Waals surface area (Å²) in [6.07, 6.45) is 2.43. The summed E-state index contributed by atoms with van der Waals surface area (Å²) in [7, 11) is 0. The van der Waals surface area contributed by atoms with Gasteiger partial charge in [0.2, 0.25) is 5.91 Å². The van der Waals surface area contributed by atoms with Crippen LogP contribution in [0, 0.1) is 22.7 Å². The lowest BCUT2D eigenvalue weighted by Crippen LogP contribution is -2.26. The van der Waals surface area contributed by atoms with Crippen LogP contribution in [0.25, 0.3) is 0 Å². The number of allylic oxidation sites excluding steroid dienone is 1. The molecule has 1 aromatic rings. The summed E-state index contributed by atoms with van der Waals surface area (Å²) in [5.74, 6) is -0.404. The van der Waals surface area contributed by atoms with Crippen molar-refractivity contribution in [1.82, 2.24) is 4.90 Å². The SMILES string of the molecule is N#CC(C#N)=CN(CCC(N)=O)CCc1ccccc1. The lowest BCUT2D eigenvalue weighted by atomic mass is 10.1. The van der Waals surface area contributed by atoms with E-state index in [2.05, 4.69) is 0 Å². The van der Waals surface area contributed by atoms with Crippen LogP contribution >= 0.6 is 0 Å². The standard InChI is InChI=1S/C15H16N4O/c16-10-14(11-17)12-19(9-7-15(18)20)8-6-13-4-2-1-3-5-13/h1-5,12H,6-9H2,(H2,18,20). The normalized spacial score (nSPS) is 9.10. The minimum Gasteiger partial charge on any atom is -0.375 e. The summed E-state index contributed by atoms with van der Waals surface area (Å²) >= 11 is 0. The van der Waals surface area contributed by atoms with E-state index < -0.39 is 5.91 Å². The molecule has 0 spiro atoms. The fourth-order valence-electron chi connectivity index (χ4n) is 1.68. The van der Waals surface area contributed by atoms with E-state index in [1.54, 1.807) is 4.90 Å². The van der Waals surface area contributed by atoms with Gasteiger partial charge < -0.3 is 10.6 Å². The van der Waals surface area contributed by atoms with Crippen LogP contribution < -0.4 is 5.73 Å². The predicted octanol–water partition coefficient (Wildman–Crippen LogP) is 1.34. The quantitative estimate of drug-likeness (QED) is 0.755. The van der Waals surface area contributed by atoms with Crippen LogP contribution in [0.5, 0.6) is 0 Å². The molecular weight excluding hydrogens is 252 g/mol. The average molecular weight is 268 g/mol. The monoisotopic (exact) mass is 268 g/mol. The molecule has 1 amide bonds. The summed E-state index contributed by atoms with van der Waals surface area (Å²) in [5.41, 5.74) is 6.30. The second-order valence-electron chi connectivity index (χ2n) is 4.25. The highest BCUT2D eigenvalue weighted by molar-refractivity contribution is 5.73. The Bertz CT molecular complexity index is 535. The number of primary amides is 1. The van der Waals surface area contributed by atoms with Gasteiger partial charge in [-0.1, -0.05) is 30.3 Å².